The molecule has 144 valence electrons. The summed E-state index contributed by atoms with van der Waals surface area (Å²) in [6, 6.07) is 9.39. The SMILES string of the molecule is CCOc1ncc(NC(=O)CNC(=O)OCc2ccccc2)c(OCC)n1. The zero-order valence-corrected chi connectivity index (χ0v) is 15.2. The number of rotatable bonds is 9. The molecule has 0 fully saturated rings. The minimum atomic E-state index is -0.693. The molecule has 0 unspecified atom stereocenters. The number of carbonyl (C=O) groups excluding carboxylic acids is 2. The number of carbonyl (C=O) groups is 2. The van der Waals surface area contributed by atoms with E-state index < -0.39 is 12.0 Å². The number of ether oxygens (including phenoxy) is 3. The van der Waals surface area contributed by atoms with Gasteiger partial charge in [-0.15, -0.1) is 0 Å². The summed E-state index contributed by atoms with van der Waals surface area (Å²) in [5.41, 5.74) is 1.13. The van der Waals surface area contributed by atoms with Crippen molar-refractivity contribution in [3.63, 3.8) is 0 Å². The van der Waals surface area contributed by atoms with Gasteiger partial charge in [0.2, 0.25) is 11.8 Å². The van der Waals surface area contributed by atoms with Crippen molar-refractivity contribution in [3.05, 3.63) is 42.1 Å². The van der Waals surface area contributed by atoms with Crippen LogP contribution < -0.4 is 20.1 Å². The van der Waals surface area contributed by atoms with Gasteiger partial charge in [-0.3, -0.25) is 4.79 Å². The fourth-order valence-electron chi connectivity index (χ4n) is 2.00. The molecule has 0 aliphatic heterocycles. The Morgan fingerprint density at radius 2 is 1.81 bits per heavy atom. The van der Waals surface area contributed by atoms with Crippen LogP contribution in [0, 0.1) is 0 Å². The molecule has 9 nitrogen and oxygen atoms in total. The predicted octanol–water partition coefficient (Wildman–Crippen LogP) is 2.14. The minimum absolute atomic E-state index is 0.121. The molecule has 9 heteroatoms. The number of hydrogen-bond acceptors (Lipinski definition) is 7. The molecular weight excluding hydrogens is 352 g/mol. The smallest absolute Gasteiger partial charge is 0.407 e. The number of nitrogens with zero attached hydrogens (tertiary/aromatic N) is 2. The number of alkyl carbamates (subject to hydrolysis) is 1. The Labute approximate surface area is 157 Å². The lowest BCUT2D eigenvalue weighted by atomic mass is 10.2. The highest BCUT2D eigenvalue weighted by Crippen LogP contribution is 2.23. The second-order valence-corrected chi connectivity index (χ2v) is 5.20. The van der Waals surface area contributed by atoms with E-state index in [0.29, 0.717) is 13.2 Å². The van der Waals surface area contributed by atoms with Crippen LogP contribution in [0.1, 0.15) is 19.4 Å². The normalized spacial score (nSPS) is 10.0. The lowest BCUT2D eigenvalue weighted by molar-refractivity contribution is -0.115. The maximum atomic E-state index is 12.0. The van der Waals surface area contributed by atoms with Gasteiger partial charge in [0, 0.05) is 0 Å². The number of amides is 2. The molecule has 0 bridgehead atoms. The molecular formula is C18H22N4O5. The molecule has 2 rings (SSSR count). The van der Waals surface area contributed by atoms with Gasteiger partial charge in [0.05, 0.1) is 19.4 Å². The second kappa shape index (κ2) is 10.6. The molecule has 2 amide bonds. The number of benzene rings is 1. The first kappa shape index (κ1) is 20.0. The molecule has 0 radical (unpaired) electrons. The zero-order valence-electron chi connectivity index (χ0n) is 15.2. The first-order valence-electron chi connectivity index (χ1n) is 8.49. The first-order chi connectivity index (χ1) is 13.1. The summed E-state index contributed by atoms with van der Waals surface area (Å²) in [5, 5.41) is 4.96. The van der Waals surface area contributed by atoms with Crippen LogP contribution in [-0.4, -0.2) is 41.7 Å². The number of aromatic nitrogens is 2. The van der Waals surface area contributed by atoms with E-state index in [2.05, 4.69) is 20.6 Å². The third kappa shape index (κ3) is 6.81. The Hall–Kier alpha value is -3.36. The van der Waals surface area contributed by atoms with Crippen molar-refractivity contribution in [1.82, 2.24) is 15.3 Å². The van der Waals surface area contributed by atoms with Crippen molar-refractivity contribution in [2.24, 2.45) is 0 Å². The quantitative estimate of drug-likeness (QED) is 0.691. The third-order valence-corrected chi connectivity index (χ3v) is 3.17. The number of hydrogen-bond donors (Lipinski definition) is 2. The van der Waals surface area contributed by atoms with Gasteiger partial charge in [-0.25, -0.2) is 9.78 Å². The summed E-state index contributed by atoms with van der Waals surface area (Å²) >= 11 is 0. The van der Waals surface area contributed by atoms with Gasteiger partial charge in [-0.1, -0.05) is 30.3 Å². The molecule has 0 aliphatic carbocycles. The summed E-state index contributed by atoms with van der Waals surface area (Å²) in [5.74, 6) is -0.281. The van der Waals surface area contributed by atoms with Crippen molar-refractivity contribution in [2.45, 2.75) is 20.5 Å². The van der Waals surface area contributed by atoms with Crippen LogP contribution in [0.4, 0.5) is 10.5 Å². The molecule has 0 aliphatic rings. The van der Waals surface area contributed by atoms with Gasteiger partial charge in [0.15, 0.2) is 0 Å². The Morgan fingerprint density at radius 1 is 1.07 bits per heavy atom. The molecule has 2 aromatic rings. The Balaban J connectivity index is 1.83. The van der Waals surface area contributed by atoms with E-state index >= 15 is 0 Å². The highest BCUT2D eigenvalue weighted by atomic mass is 16.5. The standard InChI is InChI=1S/C18H22N4O5/c1-3-25-16-14(10-19-17(22-16)26-4-2)21-15(23)11-20-18(24)27-12-13-8-6-5-7-9-13/h5-10H,3-4,11-12H2,1-2H3,(H,20,24)(H,21,23). The van der Waals surface area contributed by atoms with E-state index in [0.717, 1.165) is 5.56 Å². The fraction of sp³-hybridized carbons (Fsp3) is 0.333. The van der Waals surface area contributed by atoms with Crippen LogP contribution in [0.25, 0.3) is 0 Å². The van der Waals surface area contributed by atoms with Crippen molar-refractivity contribution in [2.75, 3.05) is 25.1 Å². The highest BCUT2D eigenvalue weighted by Gasteiger charge is 2.13. The Morgan fingerprint density at radius 3 is 2.52 bits per heavy atom. The summed E-state index contributed by atoms with van der Waals surface area (Å²) in [7, 11) is 0. The number of nitrogens with one attached hydrogen (secondary N) is 2. The molecule has 1 aromatic carbocycles. The van der Waals surface area contributed by atoms with Crippen LogP contribution in [0.15, 0.2) is 36.5 Å². The minimum Gasteiger partial charge on any atom is -0.476 e. The van der Waals surface area contributed by atoms with E-state index in [1.165, 1.54) is 6.20 Å². The van der Waals surface area contributed by atoms with Gasteiger partial charge < -0.3 is 24.8 Å². The van der Waals surface area contributed by atoms with Gasteiger partial charge in [0.25, 0.3) is 0 Å². The van der Waals surface area contributed by atoms with E-state index in [1.807, 2.05) is 37.3 Å². The van der Waals surface area contributed by atoms with Crippen molar-refractivity contribution in [1.29, 1.82) is 0 Å². The lowest BCUT2D eigenvalue weighted by Gasteiger charge is -2.12. The maximum absolute atomic E-state index is 12.0. The monoisotopic (exact) mass is 374 g/mol. The van der Waals surface area contributed by atoms with E-state index in [9.17, 15) is 9.59 Å². The summed E-state index contributed by atoms with van der Waals surface area (Å²) in [6.45, 7) is 4.21. The fourth-order valence-corrected chi connectivity index (χ4v) is 2.00. The summed E-state index contributed by atoms with van der Waals surface area (Å²) in [6.07, 6.45) is 0.691. The second-order valence-electron chi connectivity index (χ2n) is 5.20. The Bertz CT molecular complexity index is 755. The molecule has 2 N–H and O–H groups in total. The lowest BCUT2D eigenvalue weighted by Crippen LogP contribution is -2.33. The van der Waals surface area contributed by atoms with Crippen LogP contribution in [0.2, 0.25) is 0 Å². The van der Waals surface area contributed by atoms with Crippen LogP contribution in [-0.2, 0) is 16.1 Å². The number of anilines is 1. The van der Waals surface area contributed by atoms with Crippen molar-refractivity contribution in [3.8, 4) is 11.9 Å². The van der Waals surface area contributed by atoms with E-state index in [1.54, 1.807) is 6.92 Å². The maximum Gasteiger partial charge on any atom is 0.407 e. The molecule has 1 aromatic heterocycles. The molecule has 1 heterocycles. The van der Waals surface area contributed by atoms with Crippen molar-refractivity contribution < 1.29 is 23.8 Å². The average Bonchev–Trinajstić information content (AvgIpc) is 2.68. The zero-order chi connectivity index (χ0) is 19.5. The molecule has 27 heavy (non-hydrogen) atoms. The average molecular weight is 374 g/mol. The first-order valence-corrected chi connectivity index (χ1v) is 8.49. The van der Waals surface area contributed by atoms with Gasteiger partial charge in [-0.2, -0.15) is 4.98 Å². The summed E-state index contributed by atoms with van der Waals surface area (Å²) < 4.78 is 15.6. The topological polar surface area (TPSA) is 112 Å². The van der Waals surface area contributed by atoms with Crippen molar-refractivity contribution >= 4 is 17.7 Å². The predicted molar refractivity (Wildman–Crippen MR) is 97.6 cm³/mol. The molecule has 0 spiro atoms. The molecule has 0 saturated carbocycles. The summed E-state index contributed by atoms with van der Waals surface area (Å²) in [4.78, 5) is 31.8. The largest absolute Gasteiger partial charge is 0.476 e. The van der Waals surface area contributed by atoms with Crippen LogP contribution >= 0.6 is 0 Å². The van der Waals surface area contributed by atoms with Crippen LogP contribution in [0.3, 0.4) is 0 Å². The van der Waals surface area contributed by atoms with Gasteiger partial charge in [0.1, 0.15) is 18.8 Å². The highest BCUT2D eigenvalue weighted by molar-refractivity contribution is 5.94. The third-order valence-electron chi connectivity index (χ3n) is 3.17. The van der Waals surface area contributed by atoms with Gasteiger partial charge in [-0.05, 0) is 19.4 Å². The van der Waals surface area contributed by atoms with Gasteiger partial charge >= 0.3 is 12.1 Å². The Kier molecular flexibility index (Phi) is 7.83. The molecule has 0 atom stereocenters. The van der Waals surface area contributed by atoms with E-state index in [-0.39, 0.29) is 30.7 Å². The van der Waals surface area contributed by atoms with E-state index in [4.69, 9.17) is 14.2 Å². The van der Waals surface area contributed by atoms with Crippen LogP contribution in [0.5, 0.6) is 11.9 Å². The molecule has 0 saturated heterocycles.